The summed E-state index contributed by atoms with van der Waals surface area (Å²) >= 11 is 0. The molecule has 3 rings (SSSR count). The Morgan fingerprint density at radius 3 is 2.54 bits per heavy atom. The lowest BCUT2D eigenvalue weighted by Crippen LogP contribution is -2.41. The Morgan fingerprint density at radius 1 is 1.14 bits per heavy atom. The van der Waals surface area contributed by atoms with Crippen LogP contribution in [0.5, 0.6) is 5.75 Å². The van der Waals surface area contributed by atoms with Crippen LogP contribution in [0.15, 0.2) is 48.5 Å². The molecule has 0 radical (unpaired) electrons. The first-order valence-corrected chi connectivity index (χ1v) is 9.01. The molecule has 1 atom stereocenters. The van der Waals surface area contributed by atoms with Crippen molar-refractivity contribution in [1.29, 1.82) is 0 Å². The molecule has 0 aliphatic carbocycles. The average Bonchev–Trinajstić information content (AvgIpc) is 2.91. The van der Waals surface area contributed by atoms with Gasteiger partial charge in [0.1, 0.15) is 18.3 Å². The molecule has 7 heteroatoms. The first-order chi connectivity index (χ1) is 13.4. The summed E-state index contributed by atoms with van der Waals surface area (Å²) in [5.41, 5.74) is 2.56. The number of carbonyl (C=O) groups excluding carboxylic acids is 3. The number of rotatable bonds is 6. The van der Waals surface area contributed by atoms with Gasteiger partial charge in [0.25, 0.3) is 5.91 Å². The van der Waals surface area contributed by atoms with Crippen LogP contribution in [0.2, 0.25) is 0 Å². The summed E-state index contributed by atoms with van der Waals surface area (Å²) in [5.74, 6) is -0.0937. The highest BCUT2D eigenvalue weighted by molar-refractivity contribution is 6.15. The highest BCUT2D eigenvalue weighted by atomic mass is 16.5. The maximum Gasteiger partial charge on any atom is 0.332 e. The fourth-order valence-electron chi connectivity index (χ4n) is 3.09. The molecule has 2 aromatic rings. The van der Waals surface area contributed by atoms with Crippen LogP contribution >= 0.6 is 0 Å². The molecular weight excluding hydrogens is 358 g/mol. The minimum atomic E-state index is -0.651. The molecule has 7 nitrogen and oxygen atoms in total. The van der Waals surface area contributed by atoms with Crippen LogP contribution in [0.3, 0.4) is 0 Å². The van der Waals surface area contributed by atoms with Crippen molar-refractivity contribution in [2.75, 3.05) is 18.6 Å². The second-order valence-corrected chi connectivity index (χ2v) is 6.72. The fraction of sp³-hybridized carbons (Fsp3) is 0.286. The molecule has 28 heavy (non-hydrogen) atoms. The number of hydrogen-bond donors (Lipinski definition) is 1. The minimum Gasteiger partial charge on any atom is -0.497 e. The Morgan fingerprint density at radius 2 is 1.86 bits per heavy atom. The van der Waals surface area contributed by atoms with Gasteiger partial charge < -0.3 is 10.1 Å². The number of carbonyl (C=O) groups is 3. The number of hydrogen-bond acceptors (Lipinski definition) is 4. The standard InChI is InChI=1S/C21H23N3O4/c1-14-7-9-17(10-8-14)24-15(2)20(26)23(21(24)27)13-19(25)22-12-16-5-4-6-18(11-16)28-3/h4-11,15H,12-13H2,1-3H3,(H,22,25). The van der Waals surface area contributed by atoms with E-state index in [1.165, 1.54) is 4.90 Å². The number of methoxy groups -OCH3 is 1. The number of aryl methyl sites for hydroxylation is 1. The van der Waals surface area contributed by atoms with Crippen molar-refractivity contribution in [3.63, 3.8) is 0 Å². The van der Waals surface area contributed by atoms with E-state index in [-0.39, 0.29) is 19.0 Å². The van der Waals surface area contributed by atoms with Crippen molar-refractivity contribution in [1.82, 2.24) is 10.2 Å². The number of nitrogens with one attached hydrogen (secondary N) is 1. The predicted octanol–water partition coefficient (Wildman–Crippen LogP) is 2.48. The maximum atomic E-state index is 12.7. The number of ether oxygens (including phenoxy) is 1. The van der Waals surface area contributed by atoms with E-state index in [1.54, 1.807) is 26.2 Å². The predicted molar refractivity (Wildman–Crippen MR) is 105 cm³/mol. The summed E-state index contributed by atoms with van der Waals surface area (Å²) in [5, 5.41) is 2.74. The van der Waals surface area contributed by atoms with Crippen LogP contribution in [0.1, 0.15) is 18.1 Å². The lowest BCUT2D eigenvalue weighted by molar-refractivity contribution is -0.131. The van der Waals surface area contributed by atoms with Gasteiger partial charge in [-0.05, 0) is 43.7 Å². The zero-order chi connectivity index (χ0) is 20.3. The normalized spacial score (nSPS) is 16.5. The van der Waals surface area contributed by atoms with E-state index in [9.17, 15) is 14.4 Å². The number of amides is 4. The van der Waals surface area contributed by atoms with Crippen LogP contribution in [-0.2, 0) is 16.1 Å². The molecule has 0 saturated carbocycles. The molecule has 1 aliphatic heterocycles. The fourth-order valence-corrected chi connectivity index (χ4v) is 3.09. The highest BCUT2D eigenvalue weighted by Crippen LogP contribution is 2.25. The molecule has 0 bridgehead atoms. The third kappa shape index (κ3) is 3.98. The van der Waals surface area contributed by atoms with Crippen LogP contribution < -0.4 is 15.0 Å². The lowest BCUT2D eigenvalue weighted by Gasteiger charge is -2.19. The second kappa shape index (κ2) is 8.12. The van der Waals surface area contributed by atoms with E-state index in [2.05, 4.69) is 5.32 Å². The van der Waals surface area contributed by atoms with Crippen LogP contribution in [0.25, 0.3) is 0 Å². The van der Waals surface area contributed by atoms with Gasteiger partial charge in [0.2, 0.25) is 5.91 Å². The Balaban J connectivity index is 1.64. The summed E-state index contributed by atoms with van der Waals surface area (Å²) in [6.07, 6.45) is 0. The zero-order valence-electron chi connectivity index (χ0n) is 16.1. The van der Waals surface area contributed by atoms with Crippen molar-refractivity contribution in [2.45, 2.75) is 26.4 Å². The van der Waals surface area contributed by atoms with Gasteiger partial charge in [-0.1, -0.05) is 29.8 Å². The van der Waals surface area contributed by atoms with Crippen LogP contribution in [0.4, 0.5) is 10.5 Å². The third-order valence-corrected chi connectivity index (χ3v) is 4.69. The second-order valence-electron chi connectivity index (χ2n) is 6.72. The summed E-state index contributed by atoms with van der Waals surface area (Å²) in [4.78, 5) is 40.0. The van der Waals surface area contributed by atoms with Gasteiger partial charge >= 0.3 is 6.03 Å². The average molecular weight is 381 g/mol. The number of anilines is 1. The number of imide groups is 1. The molecular formula is C21H23N3O4. The Bertz CT molecular complexity index is 895. The van der Waals surface area contributed by atoms with Crippen molar-refractivity contribution < 1.29 is 19.1 Å². The molecule has 0 aromatic heterocycles. The molecule has 1 N–H and O–H groups in total. The van der Waals surface area contributed by atoms with E-state index in [4.69, 9.17) is 4.74 Å². The lowest BCUT2D eigenvalue weighted by atomic mass is 10.2. The number of urea groups is 1. The molecule has 4 amide bonds. The molecule has 2 aromatic carbocycles. The van der Waals surface area contributed by atoms with E-state index >= 15 is 0 Å². The van der Waals surface area contributed by atoms with Crippen molar-refractivity contribution in [2.24, 2.45) is 0 Å². The van der Waals surface area contributed by atoms with Crippen molar-refractivity contribution in [3.8, 4) is 5.75 Å². The largest absolute Gasteiger partial charge is 0.497 e. The van der Waals surface area contributed by atoms with Crippen LogP contribution in [-0.4, -0.2) is 42.4 Å². The quantitative estimate of drug-likeness (QED) is 0.780. The number of nitrogens with zero attached hydrogens (tertiary/aromatic N) is 2. The molecule has 0 spiro atoms. The topological polar surface area (TPSA) is 79.0 Å². The Kier molecular flexibility index (Phi) is 5.63. The van der Waals surface area contributed by atoms with E-state index in [0.29, 0.717) is 11.4 Å². The monoisotopic (exact) mass is 381 g/mol. The number of benzene rings is 2. The van der Waals surface area contributed by atoms with Gasteiger partial charge in [0.15, 0.2) is 0 Å². The van der Waals surface area contributed by atoms with E-state index < -0.39 is 18.0 Å². The molecule has 1 unspecified atom stereocenters. The first kappa shape index (κ1) is 19.4. The zero-order valence-corrected chi connectivity index (χ0v) is 16.1. The SMILES string of the molecule is COc1cccc(CNC(=O)CN2C(=O)C(C)N(c3ccc(C)cc3)C2=O)c1. The Hall–Kier alpha value is -3.35. The summed E-state index contributed by atoms with van der Waals surface area (Å²) < 4.78 is 5.15. The van der Waals surface area contributed by atoms with Gasteiger partial charge in [-0.15, -0.1) is 0 Å². The first-order valence-electron chi connectivity index (χ1n) is 9.01. The Labute approximate surface area is 163 Å². The van der Waals surface area contributed by atoms with E-state index in [1.807, 2.05) is 43.3 Å². The van der Waals surface area contributed by atoms with Gasteiger partial charge in [0, 0.05) is 12.2 Å². The maximum absolute atomic E-state index is 12.7. The van der Waals surface area contributed by atoms with Crippen molar-refractivity contribution in [3.05, 3.63) is 59.7 Å². The van der Waals surface area contributed by atoms with Gasteiger partial charge in [0.05, 0.1) is 7.11 Å². The van der Waals surface area contributed by atoms with Gasteiger partial charge in [-0.2, -0.15) is 0 Å². The molecule has 1 aliphatic rings. The summed E-state index contributed by atoms with van der Waals surface area (Å²) in [7, 11) is 1.57. The summed E-state index contributed by atoms with van der Waals surface area (Å²) in [6, 6.07) is 13.5. The molecule has 1 saturated heterocycles. The third-order valence-electron chi connectivity index (χ3n) is 4.69. The molecule has 146 valence electrons. The van der Waals surface area contributed by atoms with E-state index in [0.717, 1.165) is 16.0 Å². The van der Waals surface area contributed by atoms with Gasteiger partial charge in [-0.25, -0.2) is 4.79 Å². The van der Waals surface area contributed by atoms with Crippen molar-refractivity contribution >= 4 is 23.5 Å². The van der Waals surface area contributed by atoms with Gasteiger partial charge in [-0.3, -0.25) is 19.4 Å². The minimum absolute atomic E-state index is 0.281. The highest BCUT2D eigenvalue weighted by Gasteiger charge is 2.43. The molecule has 1 heterocycles. The molecule has 1 fully saturated rings. The smallest absolute Gasteiger partial charge is 0.332 e. The van der Waals surface area contributed by atoms with Crippen LogP contribution in [0, 0.1) is 6.92 Å². The summed E-state index contributed by atoms with van der Waals surface area (Å²) in [6.45, 7) is 3.58.